The van der Waals surface area contributed by atoms with Gasteiger partial charge in [-0.05, 0) is 49.9 Å². The Balaban J connectivity index is 2.71. The second-order valence-corrected chi connectivity index (χ2v) is 8.45. The van der Waals surface area contributed by atoms with Gasteiger partial charge in [-0.25, -0.2) is 4.79 Å². The van der Waals surface area contributed by atoms with Crippen LogP contribution in [0.1, 0.15) is 37.7 Å². The number of guanidine groups is 1. The van der Waals surface area contributed by atoms with E-state index in [-0.39, 0.29) is 31.1 Å². The van der Waals surface area contributed by atoms with Crippen LogP contribution in [0.25, 0.3) is 0 Å². The number of carboxylic acids is 1. The first-order valence-electron chi connectivity index (χ1n) is 11.9. The van der Waals surface area contributed by atoms with E-state index in [2.05, 4.69) is 20.9 Å². The van der Waals surface area contributed by atoms with Crippen LogP contribution >= 0.6 is 0 Å². The molecule has 206 valence electrons. The van der Waals surface area contributed by atoms with E-state index < -0.39 is 48.4 Å². The predicted octanol–water partition coefficient (Wildman–Crippen LogP) is -2.38. The maximum atomic E-state index is 12.7. The van der Waals surface area contributed by atoms with Crippen molar-refractivity contribution in [3.05, 3.63) is 29.8 Å². The number of unbranched alkanes of at least 4 members (excludes halogenated alkanes) is 1. The Bertz CT molecular complexity index is 920. The van der Waals surface area contributed by atoms with Crippen molar-refractivity contribution < 1.29 is 29.4 Å². The zero-order valence-corrected chi connectivity index (χ0v) is 20.7. The smallest absolute Gasteiger partial charge is 0.326 e. The monoisotopic (exact) mass is 522 g/mol. The van der Waals surface area contributed by atoms with Crippen LogP contribution in [0.3, 0.4) is 0 Å². The Morgan fingerprint density at radius 1 is 0.919 bits per heavy atom. The lowest BCUT2D eigenvalue weighted by Gasteiger charge is -2.21. The van der Waals surface area contributed by atoms with Gasteiger partial charge in [-0.3, -0.25) is 19.4 Å². The van der Waals surface area contributed by atoms with Gasteiger partial charge in [0.15, 0.2) is 5.96 Å². The topological polar surface area (TPSA) is 261 Å². The van der Waals surface area contributed by atoms with Gasteiger partial charge in [-0.1, -0.05) is 18.6 Å². The fourth-order valence-electron chi connectivity index (χ4n) is 3.29. The van der Waals surface area contributed by atoms with Gasteiger partial charge in [0, 0.05) is 13.0 Å². The van der Waals surface area contributed by atoms with Crippen molar-refractivity contribution in [1.82, 2.24) is 16.0 Å². The molecule has 0 aliphatic carbocycles. The zero-order chi connectivity index (χ0) is 27.8. The Morgan fingerprint density at radius 3 is 2.19 bits per heavy atom. The van der Waals surface area contributed by atoms with Gasteiger partial charge in [0.1, 0.15) is 17.8 Å². The zero-order valence-electron chi connectivity index (χ0n) is 20.7. The second kappa shape index (κ2) is 16.7. The molecule has 3 amide bonds. The van der Waals surface area contributed by atoms with Gasteiger partial charge >= 0.3 is 5.97 Å². The van der Waals surface area contributed by atoms with Crippen LogP contribution in [0, 0.1) is 0 Å². The lowest BCUT2D eigenvalue weighted by molar-refractivity contribution is -0.141. The highest BCUT2D eigenvalue weighted by Gasteiger charge is 2.25. The minimum Gasteiger partial charge on any atom is -0.508 e. The Hall–Kier alpha value is -3.91. The molecule has 0 aromatic heterocycles. The maximum absolute atomic E-state index is 12.7. The standard InChI is InChI=1S/C23H38N8O6/c24-10-2-1-4-16(25)20(34)31-17(5-3-11-28-23(26)27)21(35)29-13-19(33)30-18(22(36)37)12-14-6-8-15(32)9-7-14/h6-9,16-18,32H,1-5,10-13,24-25H2,(H,29,35)(H,30,33)(H,31,34)(H,36,37)(H4,26,27,28). The van der Waals surface area contributed by atoms with E-state index in [0.29, 0.717) is 37.8 Å². The molecule has 0 bridgehead atoms. The quantitative estimate of drug-likeness (QED) is 0.0595. The lowest BCUT2D eigenvalue weighted by Crippen LogP contribution is -2.53. The van der Waals surface area contributed by atoms with Gasteiger partial charge in [-0.15, -0.1) is 0 Å². The number of aliphatic carboxylic acids is 1. The van der Waals surface area contributed by atoms with Crippen LogP contribution in [0.5, 0.6) is 5.75 Å². The molecular formula is C23H38N8O6. The summed E-state index contributed by atoms with van der Waals surface area (Å²) in [6.45, 7) is 0.188. The van der Waals surface area contributed by atoms with E-state index in [4.69, 9.17) is 22.9 Å². The van der Waals surface area contributed by atoms with Crippen molar-refractivity contribution in [2.75, 3.05) is 19.6 Å². The van der Waals surface area contributed by atoms with Crippen LogP contribution in [-0.4, -0.2) is 77.6 Å². The van der Waals surface area contributed by atoms with Crippen molar-refractivity contribution in [3.63, 3.8) is 0 Å². The van der Waals surface area contributed by atoms with Crippen molar-refractivity contribution in [2.24, 2.45) is 27.9 Å². The summed E-state index contributed by atoms with van der Waals surface area (Å²) in [4.78, 5) is 53.0. The molecule has 37 heavy (non-hydrogen) atoms. The molecule has 1 aromatic rings. The number of carboxylic acid groups (broad SMARTS) is 1. The molecule has 0 fully saturated rings. The highest BCUT2D eigenvalue weighted by atomic mass is 16.4. The maximum Gasteiger partial charge on any atom is 0.326 e. The van der Waals surface area contributed by atoms with Crippen LogP contribution in [0.2, 0.25) is 0 Å². The number of phenolic OH excluding ortho intramolecular Hbond substituents is 1. The summed E-state index contributed by atoms with van der Waals surface area (Å²) in [5.41, 5.74) is 22.5. The summed E-state index contributed by atoms with van der Waals surface area (Å²) >= 11 is 0. The number of phenols is 1. The minimum absolute atomic E-state index is 0.0267. The fraction of sp³-hybridized carbons (Fsp3) is 0.522. The molecule has 0 radical (unpaired) electrons. The third-order valence-electron chi connectivity index (χ3n) is 5.32. The number of carbonyl (C=O) groups is 4. The number of carbonyl (C=O) groups excluding carboxylic acids is 3. The average Bonchev–Trinajstić information content (AvgIpc) is 2.84. The molecule has 1 rings (SSSR count). The van der Waals surface area contributed by atoms with E-state index in [0.717, 1.165) is 0 Å². The number of benzene rings is 1. The minimum atomic E-state index is -1.26. The molecule has 0 aliphatic heterocycles. The van der Waals surface area contributed by atoms with E-state index in [9.17, 15) is 29.4 Å². The van der Waals surface area contributed by atoms with Gasteiger partial charge in [-0.2, -0.15) is 0 Å². The number of nitrogens with one attached hydrogen (secondary N) is 3. The molecule has 3 atom stereocenters. The number of nitrogens with two attached hydrogens (primary N) is 4. The highest BCUT2D eigenvalue weighted by molar-refractivity contribution is 5.92. The first-order valence-corrected chi connectivity index (χ1v) is 11.9. The van der Waals surface area contributed by atoms with E-state index in [1.807, 2.05) is 0 Å². The molecule has 0 saturated carbocycles. The first kappa shape index (κ1) is 31.1. The van der Waals surface area contributed by atoms with Crippen LogP contribution in [0.4, 0.5) is 0 Å². The molecule has 0 saturated heterocycles. The normalized spacial score (nSPS) is 13.0. The van der Waals surface area contributed by atoms with Crippen LogP contribution in [0.15, 0.2) is 29.3 Å². The number of rotatable bonds is 17. The average molecular weight is 523 g/mol. The number of hydrogen-bond donors (Lipinski definition) is 9. The molecule has 0 aliphatic rings. The molecule has 13 N–H and O–H groups in total. The number of aliphatic imine (C=N–C) groups is 1. The van der Waals surface area contributed by atoms with Crippen molar-refractivity contribution in [3.8, 4) is 5.75 Å². The highest BCUT2D eigenvalue weighted by Crippen LogP contribution is 2.11. The van der Waals surface area contributed by atoms with Crippen molar-refractivity contribution in [1.29, 1.82) is 0 Å². The third kappa shape index (κ3) is 13.1. The first-order chi connectivity index (χ1) is 17.5. The summed E-state index contributed by atoms with van der Waals surface area (Å²) in [6.07, 6.45) is 2.26. The summed E-state index contributed by atoms with van der Waals surface area (Å²) < 4.78 is 0. The molecule has 0 heterocycles. The molecule has 3 unspecified atom stereocenters. The predicted molar refractivity (Wildman–Crippen MR) is 137 cm³/mol. The van der Waals surface area contributed by atoms with Gasteiger partial charge in [0.05, 0.1) is 12.6 Å². The Kier molecular flexibility index (Phi) is 14.1. The van der Waals surface area contributed by atoms with Crippen molar-refractivity contribution >= 4 is 29.7 Å². The van der Waals surface area contributed by atoms with Gasteiger partial charge < -0.3 is 49.1 Å². The molecular weight excluding hydrogens is 484 g/mol. The summed E-state index contributed by atoms with van der Waals surface area (Å²) in [5, 5.41) is 26.1. The van der Waals surface area contributed by atoms with Crippen LogP contribution < -0.4 is 38.9 Å². The van der Waals surface area contributed by atoms with Gasteiger partial charge in [0.25, 0.3) is 0 Å². The molecule has 14 heteroatoms. The third-order valence-corrected chi connectivity index (χ3v) is 5.32. The molecule has 14 nitrogen and oxygen atoms in total. The van der Waals surface area contributed by atoms with E-state index in [1.54, 1.807) is 0 Å². The summed E-state index contributed by atoms with van der Waals surface area (Å²) in [7, 11) is 0. The van der Waals surface area contributed by atoms with E-state index >= 15 is 0 Å². The SMILES string of the molecule is NCCCCC(N)C(=O)NC(CCCN=C(N)N)C(=O)NCC(=O)NC(Cc1ccc(O)cc1)C(=O)O. The largest absolute Gasteiger partial charge is 0.508 e. The summed E-state index contributed by atoms with van der Waals surface area (Å²) in [6, 6.07) is 2.78. The fourth-order valence-corrected chi connectivity index (χ4v) is 3.29. The number of nitrogens with zero attached hydrogens (tertiary/aromatic N) is 1. The van der Waals surface area contributed by atoms with Gasteiger partial charge in [0.2, 0.25) is 17.7 Å². The number of aromatic hydroxyl groups is 1. The van der Waals surface area contributed by atoms with E-state index in [1.165, 1.54) is 24.3 Å². The van der Waals surface area contributed by atoms with Crippen molar-refractivity contribution in [2.45, 2.75) is 56.7 Å². The summed E-state index contributed by atoms with van der Waals surface area (Å²) in [5.74, 6) is -3.25. The Labute approximate surface area is 215 Å². The van der Waals surface area contributed by atoms with Crippen LogP contribution in [-0.2, 0) is 25.6 Å². The lowest BCUT2D eigenvalue weighted by atomic mass is 10.1. The second-order valence-electron chi connectivity index (χ2n) is 8.45. The molecule has 0 spiro atoms. The number of hydrogen-bond acceptors (Lipinski definition) is 8. The Morgan fingerprint density at radius 2 is 1.59 bits per heavy atom. The molecule has 1 aromatic carbocycles. The number of amides is 3.